The third-order valence-electron chi connectivity index (χ3n) is 3.37. The lowest BCUT2D eigenvalue weighted by molar-refractivity contribution is -0.126. The normalized spacial score (nSPS) is 17.5. The molecule has 1 aliphatic heterocycles. The summed E-state index contributed by atoms with van der Waals surface area (Å²) in [6.07, 6.45) is 0.886. The molecule has 0 spiro atoms. The van der Waals surface area contributed by atoms with Gasteiger partial charge in [-0.2, -0.15) is 5.26 Å². The van der Waals surface area contributed by atoms with Crippen LogP contribution in [0.2, 0.25) is 0 Å². The Morgan fingerprint density at radius 1 is 1.47 bits per heavy atom. The van der Waals surface area contributed by atoms with Gasteiger partial charge in [-0.05, 0) is 53.4 Å². The molecule has 1 amide bonds. The molecule has 2 rings (SSSR count). The maximum atomic E-state index is 12.4. The van der Waals surface area contributed by atoms with Gasteiger partial charge in [0.1, 0.15) is 5.41 Å². The van der Waals surface area contributed by atoms with E-state index in [2.05, 4.69) is 27.3 Å². The van der Waals surface area contributed by atoms with E-state index in [0.29, 0.717) is 31.7 Å². The Hall–Kier alpha value is -1.38. The molecule has 0 aliphatic carbocycles. The summed E-state index contributed by atoms with van der Waals surface area (Å²) in [6, 6.07) is 7.88. The van der Waals surface area contributed by atoms with Crippen molar-refractivity contribution in [3.05, 3.63) is 28.2 Å². The van der Waals surface area contributed by atoms with Crippen molar-refractivity contribution < 1.29 is 9.53 Å². The Labute approximate surface area is 120 Å². The van der Waals surface area contributed by atoms with Crippen LogP contribution in [0, 0.1) is 23.7 Å². The van der Waals surface area contributed by atoms with Crippen molar-refractivity contribution in [1.82, 2.24) is 0 Å². The fraction of sp³-hybridized carbons (Fsp3) is 0.429. The first-order valence-electron chi connectivity index (χ1n) is 6.14. The average molecular weight is 323 g/mol. The van der Waals surface area contributed by atoms with Gasteiger partial charge < -0.3 is 10.1 Å². The molecule has 1 aromatic rings. The zero-order valence-electron chi connectivity index (χ0n) is 10.7. The topological polar surface area (TPSA) is 62.1 Å². The molecule has 1 aromatic carbocycles. The van der Waals surface area contributed by atoms with Gasteiger partial charge in [-0.25, -0.2) is 0 Å². The van der Waals surface area contributed by atoms with E-state index in [1.165, 1.54) is 0 Å². The molecule has 1 aliphatic rings. The zero-order valence-corrected chi connectivity index (χ0v) is 12.3. The predicted octanol–water partition coefficient (Wildman–Crippen LogP) is 3.02. The van der Waals surface area contributed by atoms with E-state index < -0.39 is 5.41 Å². The van der Waals surface area contributed by atoms with E-state index in [1.54, 1.807) is 0 Å². The number of benzene rings is 1. The van der Waals surface area contributed by atoms with Gasteiger partial charge in [-0.3, -0.25) is 4.79 Å². The molecule has 1 heterocycles. The molecule has 0 saturated carbocycles. The minimum absolute atomic E-state index is 0.246. The van der Waals surface area contributed by atoms with Crippen LogP contribution in [0.3, 0.4) is 0 Å². The van der Waals surface area contributed by atoms with Crippen molar-refractivity contribution in [2.24, 2.45) is 5.41 Å². The Morgan fingerprint density at radius 3 is 2.79 bits per heavy atom. The SMILES string of the molecule is Cc1ccc(Br)c(NC(=O)C2(C#N)CCOCC2)c1. The van der Waals surface area contributed by atoms with Crippen LogP contribution in [0.25, 0.3) is 0 Å². The summed E-state index contributed by atoms with van der Waals surface area (Å²) in [5.74, 6) is -0.246. The van der Waals surface area contributed by atoms with E-state index in [0.717, 1.165) is 10.0 Å². The van der Waals surface area contributed by atoms with Crippen LogP contribution in [0.4, 0.5) is 5.69 Å². The fourth-order valence-corrected chi connectivity index (χ4v) is 2.43. The van der Waals surface area contributed by atoms with Crippen LogP contribution >= 0.6 is 15.9 Å². The van der Waals surface area contributed by atoms with Crippen LogP contribution in [-0.4, -0.2) is 19.1 Å². The molecule has 100 valence electrons. The summed E-state index contributed by atoms with van der Waals surface area (Å²) >= 11 is 3.40. The lowest BCUT2D eigenvalue weighted by atomic mass is 9.81. The molecule has 0 atom stereocenters. The summed E-state index contributed by atoms with van der Waals surface area (Å²) in [7, 11) is 0. The van der Waals surface area contributed by atoms with Crippen molar-refractivity contribution in [2.75, 3.05) is 18.5 Å². The largest absolute Gasteiger partial charge is 0.381 e. The summed E-state index contributed by atoms with van der Waals surface area (Å²) in [6.45, 7) is 2.86. The highest BCUT2D eigenvalue weighted by molar-refractivity contribution is 9.10. The molecule has 0 radical (unpaired) electrons. The standard InChI is InChI=1S/C14H15BrN2O2/c1-10-2-3-11(15)12(8-10)17-13(18)14(9-16)4-6-19-7-5-14/h2-3,8H,4-7H2,1H3,(H,17,18). The number of anilines is 1. The van der Waals surface area contributed by atoms with Crippen molar-refractivity contribution in [3.8, 4) is 6.07 Å². The van der Waals surface area contributed by atoms with Gasteiger partial charge in [0.15, 0.2) is 0 Å². The number of hydrogen-bond acceptors (Lipinski definition) is 3. The number of nitriles is 1. The van der Waals surface area contributed by atoms with Gasteiger partial charge in [0.25, 0.3) is 0 Å². The van der Waals surface area contributed by atoms with E-state index in [-0.39, 0.29) is 5.91 Å². The highest BCUT2D eigenvalue weighted by Gasteiger charge is 2.40. The second-order valence-corrected chi connectivity index (χ2v) is 5.60. The lowest BCUT2D eigenvalue weighted by Crippen LogP contribution is -2.40. The van der Waals surface area contributed by atoms with E-state index >= 15 is 0 Å². The maximum Gasteiger partial charge on any atom is 0.245 e. The van der Waals surface area contributed by atoms with E-state index in [4.69, 9.17) is 4.74 Å². The van der Waals surface area contributed by atoms with E-state index in [9.17, 15) is 10.1 Å². The number of aryl methyl sites for hydroxylation is 1. The first-order chi connectivity index (χ1) is 9.07. The minimum atomic E-state index is -0.971. The van der Waals surface area contributed by atoms with Gasteiger partial charge in [0.05, 0.1) is 11.8 Å². The van der Waals surface area contributed by atoms with Gasteiger partial charge in [-0.1, -0.05) is 6.07 Å². The first-order valence-corrected chi connectivity index (χ1v) is 6.93. The number of amides is 1. The number of ether oxygens (including phenoxy) is 1. The molecule has 19 heavy (non-hydrogen) atoms. The smallest absolute Gasteiger partial charge is 0.245 e. The van der Waals surface area contributed by atoms with Gasteiger partial charge >= 0.3 is 0 Å². The summed E-state index contributed by atoms with van der Waals surface area (Å²) in [5, 5.41) is 12.2. The lowest BCUT2D eigenvalue weighted by Gasteiger charge is -2.29. The maximum absolute atomic E-state index is 12.4. The Balaban J connectivity index is 2.20. The third-order valence-corrected chi connectivity index (χ3v) is 4.06. The molecular formula is C14H15BrN2O2. The number of halogens is 1. The minimum Gasteiger partial charge on any atom is -0.381 e. The predicted molar refractivity (Wildman–Crippen MR) is 75.6 cm³/mol. The van der Waals surface area contributed by atoms with Crippen LogP contribution in [0.1, 0.15) is 18.4 Å². The molecular weight excluding hydrogens is 308 g/mol. The summed E-state index contributed by atoms with van der Waals surface area (Å²) in [5.41, 5.74) is 0.782. The number of nitrogens with zero attached hydrogens (tertiary/aromatic N) is 1. The fourth-order valence-electron chi connectivity index (χ4n) is 2.09. The van der Waals surface area contributed by atoms with Gasteiger partial charge in [0.2, 0.25) is 5.91 Å². The average Bonchev–Trinajstić information content (AvgIpc) is 2.43. The molecule has 0 aromatic heterocycles. The number of hydrogen-bond donors (Lipinski definition) is 1. The highest BCUT2D eigenvalue weighted by Crippen LogP contribution is 2.32. The molecule has 0 bridgehead atoms. The molecule has 1 saturated heterocycles. The molecule has 5 heteroatoms. The number of carbonyl (C=O) groups is 1. The second kappa shape index (κ2) is 5.72. The third kappa shape index (κ3) is 2.96. The van der Waals surface area contributed by atoms with Gasteiger partial charge in [-0.15, -0.1) is 0 Å². The second-order valence-electron chi connectivity index (χ2n) is 4.74. The molecule has 1 N–H and O–H groups in total. The van der Waals surface area contributed by atoms with Crippen molar-refractivity contribution in [3.63, 3.8) is 0 Å². The number of carbonyl (C=O) groups excluding carboxylic acids is 1. The summed E-state index contributed by atoms with van der Waals surface area (Å²) < 4.78 is 6.04. The van der Waals surface area contributed by atoms with Crippen LogP contribution < -0.4 is 5.32 Å². The monoisotopic (exact) mass is 322 g/mol. The van der Waals surface area contributed by atoms with Crippen LogP contribution in [0.5, 0.6) is 0 Å². The molecule has 0 unspecified atom stereocenters. The number of nitrogens with one attached hydrogen (secondary N) is 1. The highest BCUT2D eigenvalue weighted by atomic mass is 79.9. The van der Waals surface area contributed by atoms with Gasteiger partial charge in [0, 0.05) is 17.7 Å². The van der Waals surface area contributed by atoms with Crippen LogP contribution in [-0.2, 0) is 9.53 Å². The molecule has 1 fully saturated rings. The Bertz CT molecular complexity index is 531. The van der Waals surface area contributed by atoms with Crippen molar-refractivity contribution >= 4 is 27.5 Å². The first kappa shape index (κ1) is 14.0. The quantitative estimate of drug-likeness (QED) is 0.910. The zero-order chi connectivity index (χ0) is 13.9. The Morgan fingerprint density at radius 2 is 2.16 bits per heavy atom. The van der Waals surface area contributed by atoms with Crippen LogP contribution in [0.15, 0.2) is 22.7 Å². The van der Waals surface area contributed by atoms with E-state index in [1.807, 2.05) is 25.1 Å². The van der Waals surface area contributed by atoms with Crippen molar-refractivity contribution in [1.29, 1.82) is 5.26 Å². The molecule has 4 nitrogen and oxygen atoms in total. The summed E-state index contributed by atoms with van der Waals surface area (Å²) in [4.78, 5) is 12.4. The number of rotatable bonds is 2. The Kier molecular flexibility index (Phi) is 4.23. The van der Waals surface area contributed by atoms with Crippen molar-refractivity contribution in [2.45, 2.75) is 19.8 Å².